The second kappa shape index (κ2) is 5.49. The molecule has 1 aromatic carbocycles. The molecule has 0 saturated heterocycles. The lowest BCUT2D eigenvalue weighted by atomic mass is 9.84. The molecule has 0 amide bonds. The van der Waals surface area contributed by atoms with Crippen molar-refractivity contribution >= 4 is 0 Å². The van der Waals surface area contributed by atoms with Gasteiger partial charge in [-0.15, -0.1) is 0 Å². The van der Waals surface area contributed by atoms with Gasteiger partial charge in [0.05, 0.1) is 6.10 Å². The molecule has 0 unspecified atom stereocenters. The molecule has 1 fully saturated rings. The van der Waals surface area contributed by atoms with Gasteiger partial charge < -0.3 is 5.11 Å². The minimum absolute atomic E-state index is 0.291. The molecule has 0 heterocycles. The second-order valence-electron chi connectivity index (χ2n) is 4.93. The first-order valence-electron chi connectivity index (χ1n) is 6.59. The molecule has 1 aliphatic rings. The Bertz CT molecular complexity index is 309. The van der Waals surface area contributed by atoms with E-state index in [4.69, 9.17) is 0 Å². The average Bonchev–Trinajstić information content (AvgIpc) is 2.39. The average molecular weight is 218 g/mol. The summed E-state index contributed by atoms with van der Waals surface area (Å²) in [6, 6.07) is 8.62. The molecule has 0 spiro atoms. The van der Waals surface area contributed by atoms with Crippen molar-refractivity contribution in [2.24, 2.45) is 0 Å². The van der Waals surface area contributed by atoms with Crippen molar-refractivity contribution in [1.29, 1.82) is 0 Å². The first kappa shape index (κ1) is 11.7. The minimum atomic E-state index is -0.291. The van der Waals surface area contributed by atoms with Crippen molar-refractivity contribution in [1.82, 2.24) is 0 Å². The maximum Gasteiger partial charge on any atom is 0.0787 e. The van der Waals surface area contributed by atoms with Gasteiger partial charge in [-0.1, -0.05) is 50.5 Å². The molecule has 1 heteroatoms. The van der Waals surface area contributed by atoms with E-state index >= 15 is 0 Å². The summed E-state index contributed by atoms with van der Waals surface area (Å²) in [5.74, 6) is 0.765. The maximum absolute atomic E-state index is 9.73. The monoisotopic (exact) mass is 218 g/mol. The summed E-state index contributed by atoms with van der Waals surface area (Å²) >= 11 is 0. The van der Waals surface area contributed by atoms with Crippen molar-refractivity contribution in [3.63, 3.8) is 0 Å². The molecule has 1 saturated carbocycles. The van der Waals surface area contributed by atoms with Crippen molar-refractivity contribution in [2.45, 2.75) is 57.5 Å². The number of rotatable bonds is 3. The first-order chi connectivity index (χ1) is 7.81. The highest BCUT2D eigenvalue weighted by Crippen LogP contribution is 2.33. The van der Waals surface area contributed by atoms with Gasteiger partial charge in [-0.05, 0) is 36.3 Å². The van der Waals surface area contributed by atoms with Crippen molar-refractivity contribution in [3.05, 3.63) is 35.4 Å². The molecule has 1 atom stereocenters. The third-order valence-electron chi connectivity index (χ3n) is 3.78. The van der Waals surface area contributed by atoms with Crippen LogP contribution < -0.4 is 0 Å². The molecule has 16 heavy (non-hydrogen) atoms. The van der Waals surface area contributed by atoms with Gasteiger partial charge in [0.2, 0.25) is 0 Å². The summed E-state index contributed by atoms with van der Waals surface area (Å²) in [5.41, 5.74) is 2.52. The smallest absolute Gasteiger partial charge is 0.0787 e. The van der Waals surface area contributed by atoms with Gasteiger partial charge in [-0.2, -0.15) is 0 Å². The van der Waals surface area contributed by atoms with Crippen molar-refractivity contribution in [3.8, 4) is 0 Å². The molecular formula is C15H22O. The second-order valence-corrected chi connectivity index (χ2v) is 4.93. The highest BCUT2D eigenvalue weighted by molar-refractivity contribution is 5.26. The summed E-state index contributed by atoms with van der Waals surface area (Å²) in [5, 5.41) is 9.73. The van der Waals surface area contributed by atoms with Crippen LogP contribution in [0.4, 0.5) is 0 Å². The Kier molecular flexibility index (Phi) is 4.00. The quantitative estimate of drug-likeness (QED) is 0.807. The van der Waals surface area contributed by atoms with Gasteiger partial charge in [-0.3, -0.25) is 0 Å². The lowest BCUT2D eigenvalue weighted by Crippen LogP contribution is -2.04. The highest BCUT2D eigenvalue weighted by atomic mass is 16.3. The largest absolute Gasteiger partial charge is 0.388 e. The Morgan fingerprint density at radius 3 is 2.31 bits per heavy atom. The third kappa shape index (κ3) is 2.65. The molecule has 88 valence electrons. The fourth-order valence-electron chi connectivity index (χ4n) is 2.66. The van der Waals surface area contributed by atoms with E-state index in [2.05, 4.69) is 24.3 Å². The molecule has 0 radical (unpaired) electrons. The highest BCUT2D eigenvalue weighted by Gasteiger charge is 2.15. The maximum atomic E-state index is 9.73. The van der Waals surface area contributed by atoms with E-state index in [-0.39, 0.29) is 6.10 Å². The van der Waals surface area contributed by atoms with E-state index < -0.39 is 0 Å². The lowest BCUT2D eigenvalue weighted by Gasteiger charge is -2.22. The van der Waals surface area contributed by atoms with Crippen molar-refractivity contribution < 1.29 is 5.11 Å². The predicted octanol–water partition coefficient (Wildman–Crippen LogP) is 4.18. The lowest BCUT2D eigenvalue weighted by molar-refractivity contribution is 0.173. The molecule has 1 aromatic rings. The van der Waals surface area contributed by atoms with Crippen molar-refractivity contribution in [2.75, 3.05) is 0 Å². The molecule has 2 rings (SSSR count). The number of benzene rings is 1. The molecule has 0 aliphatic heterocycles. The normalized spacial score (nSPS) is 19.6. The zero-order chi connectivity index (χ0) is 11.4. The third-order valence-corrected chi connectivity index (χ3v) is 3.78. The number of hydrogen-bond donors (Lipinski definition) is 1. The van der Waals surface area contributed by atoms with Crippen LogP contribution in [0.2, 0.25) is 0 Å². The minimum Gasteiger partial charge on any atom is -0.388 e. The topological polar surface area (TPSA) is 20.2 Å². The molecule has 0 bridgehead atoms. The van der Waals surface area contributed by atoms with Gasteiger partial charge in [-0.25, -0.2) is 0 Å². The summed E-state index contributed by atoms with van der Waals surface area (Å²) < 4.78 is 0. The van der Waals surface area contributed by atoms with Gasteiger partial charge >= 0.3 is 0 Å². The number of aliphatic hydroxyl groups is 1. The fourth-order valence-corrected chi connectivity index (χ4v) is 2.66. The van der Waals surface area contributed by atoms with Crippen LogP contribution in [0.5, 0.6) is 0 Å². The Hall–Kier alpha value is -0.820. The SMILES string of the molecule is CC[C@@H](O)c1ccc(C2CCCCC2)cc1. The Balaban J connectivity index is 2.06. The Morgan fingerprint density at radius 2 is 1.75 bits per heavy atom. The molecule has 1 N–H and O–H groups in total. The molecule has 1 nitrogen and oxygen atoms in total. The van der Waals surface area contributed by atoms with Gasteiger partial charge in [0, 0.05) is 0 Å². The summed E-state index contributed by atoms with van der Waals surface area (Å²) in [4.78, 5) is 0. The van der Waals surface area contributed by atoms with Crippen LogP contribution in [-0.2, 0) is 0 Å². The van der Waals surface area contributed by atoms with Crippen LogP contribution in [0.25, 0.3) is 0 Å². The predicted molar refractivity (Wildman–Crippen MR) is 67.5 cm³/mol. The summed E-state index contributed by atoms with van der Waals surface area (Å²) in [6.07, 6.45) is 7.35. The van der Waals surface area contributed by atoms with Gasteiger partial charge in [0.1, 0.15) is 0 Å². The first-order valence-corrected chi connectivity index (χ1v) is 6.59. The van der Waals surface area contributed by atoms with Crippen LogP contribution in [0.1, 0.15) is 68.6 Å². The van der Waals surface area contributed by atoms with Crippen LogP contribution in [0, 0.1) is 0 Å². The van der Waals surface area contributed by atoms with E-state index in [1.807, 2.05) is 6.92 Å². The van der Waals surface area contributed by atoms with E-state index in [1.54, 1.807) is 0 Å². The van der Waals surface area contributed by atoms with E-state index in [1.165, 1.54) is 37.7 Å². The van der Waals surface area contributed by atoms with Crippen LogP contribution in [0.3, 0.4) is 0 Å². The van der Waals surface area contributed by atoms with E-state index in [9.17, 15) is 5.11 Å². The molecule has 1 aliphatic carbocycles. The van der Waals surface area contributed by atoms with Crippen LogP contribution >= 0.6 is 0 Å². The van der Waals surface area contributed by atoms with Gasteiger partial charge in [0.15, 0.2) is 0 Å². The van der Waals surface area contributed by atoms with Crippen LogP contribution in [-0.4, -0.2) is 5.11 Å². The number of aliphatic hydroxyl groups excluding tert-OH is 1. The number of hydrogen-bond acceptors (Lipinski definition) is 1. The zero-order valence-electron chi connectivity index (χ0n) is 10.2. The van der Waals surface area contributed by atoms with E-state index in [0.717, 1.165) is 17.9 Å². The standard InChI is InChI=1S/C15H22O/c1-2-15(16)14-10-8-13(9-11-14)12-6-4-3-5-7-12/h8-12,15-16H,2-7H2,1H3/t15-/m1/s1. The molecular weight excluding hydrogens is 196 g/mol. The van der Waals surface area contributed by atoms with E-state index in [0.29, 0.717) is 0 Å². The Morgan fingerprint density at radius 1 is 1.12 bits per heavy atom. The zero-order valence-corrected chi connectivity index (χ0v) is 10.2. The van der Waals surface area contributed by atoms with Crippen LogP contribution in [0.15, 0.2) is 24.3 Å². The fraction of sp³-hybridized carbons (Fsp3) is 0.600. The Labute approximate surface area is 98.5 Å². The summed E-state index contributed by atoms with van der Waals surface area (Å²) in [6.45, 7) is 2.01. The van der Waals surface area contributed by atoms with Gasteiger partial charge in [0.25, 0.3) is 0 Å². The molecule has 0 aromatic heterocycles. The summed E-state index contributed by atoms with van der Waals surface area (Å²) in [7, 11) is 0.